The first-order chi connectivity index (χ1) is 28.7. The second-order valence-electron chi connectivity index (χ2n) is 16.5. The van der Waals surface area contributed by atoms with Gasteiger partial charge in [0.05, 0.1) is 40.4 Å². The van der Waals surface area contributed by atoms with E-state index in [1.54, 1.807) is 24.4 Å². The molecule has 5 aromatic rings. The highest BCUT2D eigenvalue weighted by molar-refractivity contribution is 7.90. The van der Waals surface area contributed by atoms with E-state index >= 15 is 0 Å². The lowest BCUT2D eigenvalue weighted by atomic mass is 9.72. The number of pyridine rings is 1. The third kappa shape index (κ3) is 8.99. The summed E-state index contributed by atoms with van der Waals surface area (Å²) in [7, 11) is -3.09. The van der Waals surface area contributed by atoms with Gasteiger partial charge in [0.1, 0.15) is 22.9 Å². The van der Waals surface area contributed by atoms with Crippen molar-refractivity contribution >= 4 is 55.5 Å². The average Bonchev–Trinajstić information content (AvgIpc) is 3.70. The topological polar surface area (TPSA) is 169 Å². The number of carbonyl (C=O) groups is 1. The maximum atomic E-state index is 13.9. The summed E-state index contributed by atoms with van der Waals surface area (Å²) in [5.41, 5.74) is 5.59. The minimum absolute atomic E-state index is 0.0527. The van der Waals surface area contributed by atoms with Crippen molar-refractivity contribution in [2.75, 3.05) is 57.9 Å². The highest BCUT2D eigenvalue weighted by Crippen LogP contribution is 2.44. The van der Waals surface area contributed by atoms with Crippen molar-refractivity contribution in [1.29, 1.82) is 0 Å². The van der Waals surface area contributed by atoms with E-state index < -0.39 is 31.4 Å². The number of nitrogens with zero attached hydrogens (tertiary/aromatic N) is 4. The second kappa shape index (κ2) is 16.9. The lowest BCUT2D eigenvalue weighted by Crippen LogP contribution is -2.47. The Morgan fingerprint density at radius 2 is 1.87 bits per heavy atom. The van der Waals surface area contributed by atoms with E-state index in [0.717, 1.165) is 74.1 Å². The number of aromatic nitrogens is 2. The number of piperazine rings is 1. The van der Waals surface area contributed by atoms with Gasteiger partial charge in [-0.05, 0) is 78.6 Å². The van der Waals surface area contributed by atoms with Gasteiger partial charge in [-0.2, -0.15) is 0 Å². The molecule has 2 aliphatic heterocycles. The molecule has 0 unspecified atom stereocenters. The predicted octanol–water partition coefficient (Wildman–Crippen LogP) is 8.02. The van der Waals surface area contributed by atoms with Crippen LogP contribution in [0.5, 0.6) is 17.2 Å². The Hall–Kier alpha value is -5.48. The zero-order chi connectivity index (χ0) is 42.2. The van der Waals surface area contributed by atoms with Crippen molar-refractivity contribution in [3.63, 3.8) is 0 Å². The standard InChI is InChI=1S/C44H47ClN6O8S/c1-44(2)12-10-31(38(23-44)29-4-6-32(45)7-5-29)25-49-14-16-50(17-15-49)33-8-9-36(41(20-33)59-34-19-30-11-13-46-42(30)47-24-34)43(52)48-60(55,56)35-21-39(51(53)54)37-18-28(26-57-3)27-58-40(37)22-35/h4-9,11,13,19-22,24,28H,10,12,14-18,23,25-27H2,1-3H3,(H,46,47)(H,48,52)/t28-/m0/s1. The van der Waals surface area contributed by atoms with Gasteiger partial charge in [0.25, 0.3) is 21.6 Å². The van der Waals surface area contributed by atoms with Crippen molar-refractivity contribution in [3.05, 3.63) is 117 Å². The molecule has 4 heterocycles. The summed E-state index contributed by atoms with van der Waals surface area (Å²) in [6, 6.07) is 19.0. The Bertz CT molecular complexity index is 2580. The molecular weight excluding hydrogens is 808 g/mol. The van der Waals surface area contributed by atoms with Crippen molar-refractivity contribution in [2.45, 2.75) is 44.4 Å². The largest absolute Gasteiger partial charge is 0.493 e. The number of rotatable bonds is 12. The fourth-order valence-corrected chi connectivity index (χ4v) is 9.50. The number of aromatic amines is 1. The summed E-state index contributed by atoms with van der Waals surface area (Å²) in [6.45, 7) is 9.13. The molecule has 3 aliphatic rings. The Morgan fingerprint density at radius 1 is 1.08 bits per heavy atom. The van der Waals surface area contributed by atoms with Crippen LogP contribution < -0.4 is 19.1 Å². The number of allylic oxidation sites excluding steroid dienone is 1. The summed E-state index contributed by atoms with van der Waals surface area (Å²) >= 11 is 6.24. The number of methoxy groups -OCH3 is 1. The molecule has 1 atom stereocenters. The summed E-state index contributed by atoms with van der Waals surface area (Å²) in [5, 5.41) is 13.6. The number of hydrogen-bond acceptors (Lipinski definition) is 11. The molecule has 1 fully saturated rings. The van der Waals surface area contributed by atoms with Gasteiger partial charge in [-0.1, -0.05) is 43.2 Å². The first-order valence-corrected chi connectivity index (χ1v) is 21.8. The minimum atomic E-state index is -4.62. The van der Waals surface area contributed by atoms with E-state index in [1.807, 2.05) is 18.2 Å². The number of carbonyl (C=O) groups excluding carboxylic acids is 1. The molecule has 0 bridgehead atoms. The van der Waals surface area contributed by atoms with Crippen LogP contribution in [0.4, 0.5) is 11.4 Å². The highest BCUT2D eigenvalue weighted by Gasteiger charge is 2.33. The molecule has 2 N–H and O–H groups in total. The molecular formula is C44H47ClN6O8S. The Morgan fingerprint density at radius 3 is 2.62 bits per heavy atom. The van der Waals surface area contributed by atoms with Crippen LogP contribution in [0.15, 0.2) is 89.6 Å². The monoisotopic (exact) mass is 854 g/mol. The van der Waals surface area contributed by atoms with Crippen molar-refractivity contribution in [1.82, 2.24) is 19.6 Å². The van der Waals surface area contributed by atoms with Crippen molar-refractivity contribution in [2.24, 2.45) is 11.3 Å². The summed E-state index contributed by atoms with van der Waals surface area (Å²) < 4.78 is 46.9. The lowest BCUT2D eigenvalue weighted by Gasteiger charge is -2.39. The van der Waals surface area contributed by atoms with E-state index in [2.05, 4.69) is 50.5 Å². The Kier molecular flexibility index (Phi) is 11.6. The van der Waals surface area contributed by atoms with Crippen LogP contribution >= 0.6 is 11.6 Å². The Balaban J connectivity index is 1.03. The molecule has 3 aromatic carbocycles. The van der Waals surface area contributed by atoms with E-state index in [1.165, 1.54) is 42.1 Å². The van der Waals surface area contributed by atoms with Crippen LogP contribution in [0, 0.1) is 21.4 Å². The average molecular weight is 855 g/mol. The van der Waals surface area contributed by atoms with E-state index in [4.69, 9.17) is 25.8 Å². The van der Waals surface area contributed by atoms with Gasteiger partial charge >= 0.3 is 0 Å². The quantitative estimate of drug-likeness (QED) is 0.0921. The molecule has 14 nitrogen and oxygen atoms in total. The fraction of sp³-hybridized carbons (Fsp3) is 0.364. The highest BCUT2D eigenvalue weighted by atomic mass is 35.5. The molecule has 0 spiro atoms. The Labute approximate surface area is 353 Å². The predicted molar refractivity (Wildman–Crippen MR) is 230 cm³/mol. The van der Waals surface area contributed by atoms with Crippen molar-refractivity contribution < 1.29 is 32.3 Å². The number of fused-ring (bicyclic) bond motifs is 2. The fourth-order valence-electron chi connectivity index (χ4n) is 8.37. The third-order valence-electron chi connectivity index (χ3n) is 11.6. The number of nitro benzene ring substituents is 1. The second-order valence-corrected chi connectivity index (χ2v) is 18.6. The van der Waals surface area contributed by atoms with Gasteiger partial charge < -0.3 is 24.1 Å². The maximum absolute atomic E-state index is 13.9. The smallest absolute Gasteiger partial charge is 0.277 e. The van der Waals surface area contributed by atoms with Gasteiger partial charge in [-0.15, -0.1) is 0 Å². The first kappa shape index (κ1) is 41.3. The number of anilines is 1. The van der Waals surface area contributed by atoms with Gasteiger partial charge in [0.2, 0.25) is 0 Å². The molecule has 1 saturated heterocycles. The van der Waals surface area contributed by atoms with Crippen LogP contribution in [0.1, 0.15) is 54.6 Å². The number of halogens is 1. The van der Waals surface area contributed by atoms with Gasteiger partial charge in [-0.25, -0.2) is 18.1 Å². The number of ether oxygens (including phenoxy) is 3. The first-order valence-electron chi connectivity index (χ1n) is 19.9. The molecule has 1 amide bonds. The van der Waals surface area contributed by atoms with E-state index in [-0.39, 0.29) is 47.0 Å². The molecule has 0 saturated carbocycles. The van der Waals surface area contributed by atoms with E-state index in [0.29, 0.717) is 18.0 Å². The number of hydrogen-bond donors (Lipinski definition) is 2. The lowest BCUT2D eigenvalue weighted by molar-refractivity contribution is -0.386. The van der Waals surface area contributed by atoms with Crippen LogP contribution in [0.3, 0.4) is 0 Å². The molecule has 16 heteroatoms. The van der Waals surface area contributed by atoms with Crippen LogP contribution in [-0.4, -0.2) is 87.2 Å². The number of benzene rings is 3. The van der Waals surface area contributed by atoms with Crippen LogP contribution in [0.25, 0.3) is 16.6 Å². The zero-order valence-electron chi connectivity index (χ0n) is 33.7. The molecule has 2 aromatic heterocycles. The molecule has 0 radical (unpaired) electrons. The zero-order valence-corrected chi connectivity index (χ0v) is 35.3. The van der Waals surface area contributed by atoms with Crippen molar-refractivity contribution in [3.8, 4) is 17.2 Å². The minimum Gasteiger partial charge on any atom is -0.493 e. The molecule has 314 valence electrons. The van der Waals surface area contributed by atoms with Crippen LogP contribution in [0.2, 0.25) is 5.02 Å². The van der Waals surface area contributed by atoms with Gasteiger partial charge in [0.15, 0.2) is 0 Å². The number of H-pyrrole nitrogens is 1. The summed E-state index contributed by atoms with van der Waals surface area (Å²) in [5.74, 6) is -0.574. The normalized spacial score (nSPS) is 18.2. The third-order valence-corrected chi connectivity index (χ3v) is 13.2. The molecule has 1 aliphatic carbocycles. The number of amides is 1. The summed E-state index contributed by atoms with van der Waals surface area (Å²) in [6.07, 6.45) is 6.74. The number of sulfonamides is 1. The summed E-state index contributed by atoms with van der Waals surface area (Å²) in [4.78, 5) is 37.1. The van der Waals surface area contributed by atoms with E-state index in [9.17, 15) is 23.3 Å². The number of nitro groups is 1. The van der Waals surface area contributed by atoms with Gasteiger partial charge in [0, 0.05) is 86.2 Å². The maximum Gasteiger partial charge on any atom is 0.277 e. The number of nitrogens with one attached hydrogen (secondary N) is 2. The molecule has 8 rings (SSSR count). The molecule has 60 heavy (non-hydrogen) atoms. The van der Waals surface area contributed by atoms with Gasteiger partial charge in [-0.3, -0.25) is 19.8 Å². The SMILES string of the molecule is COC[C@H]1COc2cc(S(=O)(=O)NC(=O)c3ccc(N4CCN(CC5=C(c6ccc(Cl)cc6)CC(C)(C)CC5)CC4)cc3Oc3cnc4[nH]ccc4c3)cc([N+](=O)[O-])c2C1. The van der Waals surface area contributed by atoms with Crippen LogP contribution in [-0.2, 0) is 21.2 Å².